The molecule has 3 aromatic heterocycles. The number of hydrogen-bond donors (Lipinski definition) is 1. The van der Waals surface area contributed by atoms with Crippen LogP contribution < -0.4 is 25.2 Å². The SMILES string of the molecule is COc1ncc(-c2nc3c(n2C(C)C)[C@]2(C(=O)Nc4cc(Cl)ccc42)N(c2cc(Cl)cn(C)c2=O)C3=O)c(OC)n1. The Labute approximate surface area is 243 Å². The van der Waals surface area contributed by atoms with Crippen molar-refractivity contribution in [1.29, 1.82) is 0 Å². The van der Waals surface area contributed by atoms with Gasteiger partial charge in [-0.25, -0.2) is 9.97 Å². The first-order valence-electron chi connectivity index (χ1n) is 12.4. The summed E-state index contributed by atoms with van der Waals surface area (Å²) in [5, 5.41) is 3.46. The quantitative estimate of drug-likeness (QED) is 0.368. The number of nitrogens with one attached hydrogen (secondary N) is 1. The Morgan fingerprint density at radius 1 is 1.02 bits per heavy atom. The number of methoxy groups -OCH3 is 2. The van der Waals surface area contributed by atoms with E-state index in [2.05, 4.69) is 15.3 Å². The van der Waals surface area contributed by atoms with E-state index in [1.165, 1.54) is 49.2 Å². The Bertz CT molecular complexity index is 1850. The van der Waals surface area contributed by atoms with Crippen molar-refractivity contribution in [2.24, 2.45) is 7.05 Å². The molecule has 0 saturated carbocycles. The van der Waals surface area contributed by atoms with Crippen molar-refractivity contribution in [2.45, 2.75) is 25.4 Å². The molecule has 0 unspecified atom stereocenters. The lowest BCUT2D eigenvalue weighted by atomic mass is 9.87. The number of halogens is 2. The van der Waals surface area contributed by atoms with Crippen molar-refractivity contribution in [3.63, 3.8) is 0 Å². The molecule has 0 bridgehead atoms. The fourth-order valence-electron chi connectivity index (χ4n) is 5.57. The summed E-state index contributed by atoms with van der Waals surface area (Å²) in [6, 6.07) is 6.00. The monoisotopic (exact) mass is 595 g/mol. The van der Waals surface area contributed by atoms with E-state index in [9.17, 15) is 14.4 Å². The molecule has 5 heterocycles. The van der Waals surface area contributed by atoms with E-state index in [1.54, 1.807) is 22.8 Å². The van der Waals surface area contributed by atoms with Crippen LogP contribution >= 0.6 is 23.2 Å². The van der Waals surface area contributed by atoms with Gasteiger partial charge in [0.05, 0.1) is 30.5 Å². The summed E-state index contributed by atoms with van der Waals surface area (Å²) < 4.78 is 13.7. The van der Waals surface area contributed by atoms with Gasteiger partial charge in [0.25, 0.3) is 17.4 Å². The minimum absolute atomic E-state index is 0.0217. The molecule has 210 valence electrons. The van der Waals surface area contributed by atoms with Crippen LogP contribution in [0.5, 0.6) is 11.9 Å². The second-order valence-corrected chi connectivity index (χ2v) is 10.7. The molecule has 2 amide bonds. The Hall–Kier alpha value is -4.42. The average molecular weight is 596 g/mol. The number of hydrogen-bond acceptors (Lipinski definition) is 8. The fourth-order valence-corrected chi connectivity index (χ4v) is 6.00. The highest BCUT2D eigenvalue weighted by Crippen LogP contribution is 2.54. The summed E-state index contributed by atoms with van der Waals surface area (Å²) in [6.45, 7) is 3.77. The van der Waals surface area contributed by atoms with Gasteiger partial charge in [0.2, 0.25) is 5.88 Å². The van der Waals surface area contributed by atoms with Gasteiger partial charge in [-0.05, 0) is 32.0 Å². The first-order valence-corrected chi connectivity index (χ1v) is 13.2. The molecule has 4 aromatic rings. The average Bonchev–Trinajstić information content (AvgIpc) is 3.54. The molecule has 0 saturated heterocycles. The number of carbonyl (C=O) groups is 2. The molecule has 1 spiro atoms. The fraction of sp³-hybridized carbons (Fsp3) is 0.259. The van der Waals surface area contributed by atoms with E-state index >= 15 is 0 Å². The summed E-state index contributed by atoms with van der Waals surface area (Å²) in [7, 11) is 4.38. The van der Waals surface area contributed by atoms with Crippen molar-refractivity contribution in [2.75, 3.05) is 24.4 Å². The van der Waals surface area contributed by atoms with E-state index in [4.69, 9.17) is 37.7 Å². The highest BCUT2D eigenvalue weighted by molar-refractivity contribution is 6.32. The van der Waals surface area contributed by atoms with Crippen LogP contribution in [-0.4, -0.2) is 50.1 Å². The normalized spacial score (nSPS) is 17.3. The third kappa shape index (κ3) is 3.60. The molecule has 12 nitrogen and oxygen atoms in total. The van der Waals surface area contributed by atoms with Crippen LogP contribution in [0.15, 0.2) is 41.5 Å². The van der Waals surface area contributed by atoms with Gasteiger partial charge in [-0.1, -0.05) is 29.3 Å². The van der Waals surface area contributed by atoms with Gasteiger partial charge >= 0.3 is 6.01 Å². The number of fused-ring (bicyclic) bond motifs is 4. The zero-order valence-electron chi connectivity index (χ0n) is 22.5. The van der Waals surface area contributed by atoms with Crippen molar-refractivity contribution >= 4 is 46.4 Å². The highest BCUT2D eigenvalue weighted by Gasteiger charge is 2.64. The van der Waals surface area contributed by atoms with Crippen molar-refractivity contribution < 1.29 is 19.1 Å². The lowest BCUT2D eigenvalue weighted by Crippen LogP contribution is -2.53. The second kappa shape index (κ2) is 9.32. The highest BCUT2D eigenvalue weighted by atomic mass is 35.5. The molecular formula is C27H23Cl2N7O5. The van der Waals surface area contributed by atoms with Gasteiger partial charge in [-0.15, -0.1) is 0 Å². The zero-order valence-corrected chi connectivity index (χ0v) is 24.0. The number of anilines is 2. The first kappa shape index (κ1) is 26.8. The number of benzene rings is 1. The predicted molar refractivity (Wildman–Crippen MR) is 151 cm³/mol. The predicted octanol–water partition coefficient (Wildman–Crippen LogP) is 3.80. The molecule has 1 aromatic carbocycles. The molecule has 6 rings (SSSR count). The minimum Gasteiger partial charge on any atom is -0.480 e. The molecule has 0 aliphatic carbocycles. The summed E-state index contributed by atoms with van der Waals surface area (Å²) in [5.41, 5.74) is -0.981. The second-order valence-electron chi connectivity index (χ2n) is 9.83. The first-order chi connectivity index (χ1) is 19.5. The molecule has 0 fully saturated rings. The van der Waals surface area contributed by atoms with Crippen LogP contribution in [0.2, 0.25) is 10.0 Å². The summed E-state index contributed by atoms with van der Waals surface area (Å²) in [4.78, 5) is 56.6. The van der Waals surface area contributed by atoms with Gasteiger partial charge in [0.15, 0.2) is 11.2 Å². The maximum Gasteiger partial charge on any atom is 0.319 e. The van der Waals surface area contributed by atoms with Crippen molar-refractivity contribution in [3.8, 4) is 23.3 Å². The Morgan fingerprint density at radius 2 is 1.78 bits per heavy atom. The molecule has 2 aliphatic rings. The minimum atomic E-state index is -1.82. The molecule has 14 heteroatoms. The van der Waals surface area contributed by atoms with Crippen molar-refractivity contribution in [1.82, 2.24) is 24.1 Å². The molecule has 0 radical (unpaired) electrons. The van der Waals surface area contributed by atoms with Crippen molar-refractivity contribution in [3.05, 3.63) is 74.0 Å². The van der Waals surface area contributed by atoms with E-state index in [-0.39, 0.29) is 40.0 Å². The maximum atomic E-state index is 14.4. The van der Waals surface area contributed by atoms with Gasteiger partial charge in [-0.3, -0.25) is 19.3 Å². The number of ether oxygens (including phenoxy) is 2. The number of rotatable bonds is 5. The van der Waals surface area contributed by atoms with E-state index in [0.717, 1.165) is 0 Å². The van der Waals surface area contributed by atoms with E-state index in [1.807, 2.05) is 13.8 Å². The van der Waals surface area contributed by atoms with Crippen LogP contribution in [0.25, 0.3) is 11.4 Å². The van der Waals surface area contributed by atoms with Crippen LogP contribution in [0, 0.1) is 0 Å². The third-order valence-corrected chi connectivity index (χ3v) is 7.62. The Balaban J connectivity index is 1.74. The molecule has 1 N–H and O–H groups in total. The van der Waals surface area contributed by atoms with E-state index < -0.39 is 22.9 Å². The number of aromatic nitrogens is 5. The summed E-state index contributed by atoms with van der Waals surface area (Å²) in [5.74, 6) is -0.764. The van der Waals surface area contributed by atoms with Crippen LogP contribution in [0.3, 0.4) is 0 Å². The summed E-state index contributed by atoms with van der Waals surface area (Å²) in [6.07, 6.45) is 2.90. The number of aryl methyl sites for hydroxylation is 1. The number of amides is 2. The van der Waals surface area contributed by atoms with Gasteiger partial charge in [0.1, 0.15) is 11.5 Å². The largest absolute Gasteiger partial charge is 0.480 e. The van der Waals surface area contributed by atoms with Gasteiger partial charge < -0.3 is 23.9 Å². The standard InChI is InChI=1S/C27H23Cl2N7O5/c1-12(2)35-20-19(32-21(35)15-10-30-26(41-5)33-22(15)40-4)24(38)36(18-9-14(29)11-34(3)23(18)37)27(20)16-7-6-13(28)8-17(16)31-25(27)39/h6-12H,1-5H3,(H,31,39)/t27-/m1/s1. The maximum absolute atomic E-state index is 14.4. The molecule has 2 aliphatic heterocycles. The molecular weight excluding hydrogens is 573 g/mol. The number of carbonyl (C=O) groups excluding carboxylic acids is 2. The lowest BCUT2D eigenvalue weighted by molar-refractivity contribution is -0.119. The van der Waals surface area contributed by atoms with Crippen LogP contribution in [0.4, 0.5) is 11.4 Å². The zero-order chi connectivity index (χ0) is 29.4. The Morgan fingerprint density at radius 3 is 2.46 bits per heavy atom. The lowest BCUT2D eigenvalue weighted by Gasteiger charge is -2.35. The van der Waals surface area contributed by atoms with Gasteiger partial charge in [0, 0.05) is 41.8 Å². The topological polar surface area (TPSA) is 133 Å². The smallest absolute Gasteiger partial charge is 0.319 e. The number of imidazole rings is 1. The van der Waals surface area contributed by atoms with Gasteiger partial charge in [-0.2, -0.15) is 4.98 Å². The summed E-state index contributed by atoms with van der Waals surface area (Å²) >= 11 is 12.6. The third-order valence-electron chi connectivity index (χ3n) is 7.18. The molecule has 1 atom stereocenters. The number of pyridine rings is 1. The Kier molecular flexibility index (Phi) is 6.09. The molecule has 41 heavy (non-hydrogen) atoms. The van der Waals surface area contributed by atoms with Crippen LogP contribution in [0.1, 0.15) is 41.6 Å². The number of nitrogens with zero attached hydrogens (tertiary/aromatic N) is 6. The van der Waals surface area contributed by atoms with Crippen LogP contribution in [-0.2, 0) is 17.4 Å². The van der Waals surface area contributed by atoms with E-state index in [0.29, 0.717) is 27.7 Å².